The molecule has 0 radical (unpaired) electrons. The number of benzene rings is 1. The Bertz CT molecular complexity index is 1080. The molecule has 0 bridgehead atoms. The van der Waals surface area contributed by atoms with Gasteiger partial charge in [-0.15, -0.1) is 10.2 Å². The average Bonchev–Trinajstić information content (AvgIpc) is 3.19. The molecule has 12 nitrogen and oxygen atoms in total. The Morgan fingerprint density at radius 1 is 1.13 bits per heavy atom. The van der Waals surface area contributed by atoms with Gasteiger partial charge in [0.25, 0.3) is 5.91 Å². The van der Waals surface area contributed by atoms with Crippen LogP contribution >= 0.6 is 0 Å². The van der Waals surface area contributed by atoms with Gasteiger partial charge in [-0.25, -0.2) is 9.78 Å². The van der Waals surface area contributed by atoms with Crippen molar-refractivity contribution in [2.45, 2.75) is 0 Å². The lowest BCUT2D eigenvalue weighted by Gasteiger charge is -2.16. The normalized spacial score (nSPS) is 10.3. The van der Waals surface area contributed by atoms with Crippen molar-refractivity contribution in [2.24, 2.45) is 7.05 Å². The summed E-state index contributed by atoms with van der Waals surface area (Å²) in [6, 6.07) is 6.82. The average molecular weight is 412 g/mol. The number of nitrogens with zero attached hydrogens (tertiary/aromatic N) is 5. The highest BCUT2D eigenvalue weighted by molar-refractivity contribution is 5.99. The van der Waals surface area contributed by atoms with E-state index in [4.69, 9.17) is 4.74 Å². The molecule has 3 rings (SSSR count). The van der Waals surface area contributed by atoms with Crippen molar-refractivity contribution in [1.82, 2.24) is 30.3 Å². The molecule has 0 unspecified atom stereocenters. The molecule has 1 aromatic carbocycles. The van der Waals surface area contributed by atoms with E-state index in [1.807, 2.05) is 6.07 Å². The fourth-order valence-corrected chi connectivity index (χ4v) is 2.63. The van der Waals surface area contributed by atoms with Crippen LogP contribution in [0.5, 0.6) is 5.75 Å². The smallest absolute Gasteiger partial charge is 0.412 e. The Hall–Kier alpha value is -4.22. The van der Waals surface area contributed by atoms with Crippen molar-refractivity contribution in [1.29, 1.82) is 0 Å². The van der Waals surface area contributed by atoms with Crippen LogP contribution in [0.15, 0.2) is 30.6 Å². The maximum Gasteiger partial charge on any atom is 0.412 e. The first kappa shape index (κ1) is 20.5. The SMILES string of the molecule is CNC(=O)c1nnc(NC(=O)OC)cc1Nc1cccc(-c2ncn(C)n2)c1OC. The summed E-state index contributed by atoms with van der Waals surface area (Å²) >= 11 is 0. The molecule has 2 amide bonds. The number of aromatic nitrogens is 5. The van der Waals surface area contributed by atoms with Gasteiger partial charge in [0.05, 0.1) is 31.2 Å². The summed E-state index contributed by atoms with van der Waals surface area (Å²) < 4.78 is 11.7. The topological polar surface area (TPSA) is 145 Å². The molecule has 30 heavy (non-hydrogen) atoms. The molecule has 0 spiro atoms. The first-order chi connectivity index (χ1) is 14.5. The molecule has 0 saturated heterocycles. The van der Waals surface area contributed by atoms with Gasteiger partial charge < -0.3 is 20.1 Å². The summed E-state index contributed by atoms with van der Waals surface area (Å²) in [5, 5.41) is 20.1. The van der Waals surface area contributed by atoms with Crippen LogP contribution in [0.4, 0.5) is 22.0 Å². The number of methoxy groups -OCH3 is 2. The molecule has 3 aromatic rings. The van der Waals surface area contributed by atoms with Crippen LogP contribution < -0.4 is 20.7 Å². The maximum absolute atomic E-state index is 12.2. The number of anilines is 3. The molecule has 156 valence electrons. The molecule has 0 fully saturated rings. The first-order valence-corrected chi connectivity index (χ1v) is 8.71. The summed E-state index contributed by atoms with van der Waals surface area (Å²) in [6.07, 6.45) is 0.861. The van der Waals surface area contributed by atoms with E-state index >= 15 is 0 Å². The molecule has 0 atom stereocenters. The number of rotatable bonds is 6. The summed E-state index contributed by atoms with van der Waals surface area (Å²) in [5.74, 6) is 0.575. The van der Waals surface area contributed by atoms with E-state index in [1.54, 1.807) is 30.2 Å². The van der Waals surface area contributed by atoms with Crippen molar-refractivity contribution in [2.75, 3.05) is 31.9 Å². The third-order valence-electron chi connectivity index (χ3n) is 3.98. The molecule has 12 heteroatoms. The molecule has 3 N–H and O–H groups in total. The summed E-state index contributed by atoms with van der Waals surface area (Å²) in [5.41, 5.74) is 1.50. The van der Waals surface area contributed by atoms with Gasteiger partial charge in [-0.05, 0) is 12.1 Å². The zero-order valence-electron chi connectivity index (χ0n) is 16.8. The quantitative estimate of drug-likeness (QED) is 0.549. The minimum Gasteiger partial charge on any atom is -0.494 e. The third kappa shape index (κ3) is 4.27. The Morgan fingerprint density at radius 3 is 2.57 bits per heavy atom. The van der Waals surface area contributed by atoms with Gasteiger partial charge in [-0.1, -0.05) is 6.07 Å². The number of amides is 2. The van der Waals surface area contributed by atoms with E-state index in [-0.39, 0.29) is 11.5 Å². The second-order valence-electron chi connectivity index (χ2n) is 5.94. The molecule has 0 saturated carbocycles. The zero-order chi connectivity index (χ0) is 21.7. The van der Waals surface area contributed by atoms with Crippen LogP contribution in [-0.2, 0) is 11.8 Å². The fourth-order valence-electron chi connectivity index (χ4n) is 2.63. The molecule has 2 heterocycles. The van der Waals surface area contributed by atoms with Crippen LogP contribution in [0.2, 0.25) is 0 Å². The van der Waals surface area contributed by atoms with Gasteiger partial charge in [0.1, 0.15) is 6.33 Å². The second-order valence-corrected chi connectivity index (χ2v) is 5.94. The van der Waals surface area contributed by atoms with Gasteiger partial charge >= 0.3 is 6.09 Å². The molecule has 0 aliphatic heterocycles. The van der Waals surface area contributed by atoms with Gasteiger partial charge in [0.2, 0.25) is 0 Å². The fraction of sp³-hybridized carbons (Fsp3) is 0.222. The minimum absolute atomic E-state index is 0.0244. The highest BCUT2D eigenvalue weighted by atomic mass is 16.5. The highest BCUT2D eigenvalue weighted by Gasteiger charge is 2.19. The number of hydrogen-bond donors (Lipinski definition) is 3. The molecular formula is C18H20N8O4. The standard InChI is InChI=1S/C18H20N8O4/c1-19-17(27)14-12(8-13(23-24-14)22-18(28)30-4)21-11-7-5-6-10(15(11)29-3)16-20-9-26(2)25-16/h5-9H,1-4H3,(H,19,27)(H2,21,22,23,28). The van der Waals surface area contributed by atoms with Gasteiger partial charge in [-0.3, -0.25) is 14.8 Å². The van der Waals surface area contributed by atoms with Gasteiger partial charge in [0.15, 0.2) is 23.1 Å². The molecule has 2 aromatic heterocycles. The van der Waals surface area contributed by atoms with Crippen molar-refractivity contribution >= 4 is 29.2 Å². The van der Waals surface area contributed by atoms with Crippen molar-refractivity contribution in [3.8, 4) is 17.1 Å². The Morgan fingerprint density at radius 2 is 1.93 bits per heavy atom. The predicted octanol–water partition coefficient (Wildman–Crippen LogP) is 1.56. The van der Waals surface area contributed by atoms with E-state index in [0.29, 0.717) is 28.5 Å². The number of hydrogen-bond acceptors (Lipinski definition) is 9. The Balaban J connectivity index is 2.05. The van der Waals surface area contributed by atoms with Crippen molar-refractivity contribution in [3.63, 3.8) is 0 Å². The van der Waals surface area contributed by atoms with E-state index in [9.17, 15) is 9.59 Å². The number of aryl methyl sites for hydroxylation is 1. The lowest BCUT2D eigenvalue weighted by Crippen LogP contribution is -2.22. The largest absolute Gasteiger partial charge is 0.494 e. The third-order valence-corrected chi connectivity index (χ3v) is 3.98. The monoisotopic (exact) mass is 412 g/mol. The lowest BCUT2D eigenvalue weighted by molar-refractivity contribution is 0.0958. The van der Waals surface area contributed by atoms with Crippen LogP contribution in [0.25, 0.3) is 11.4 Å². The number of carbonyl (C=O) groups is 2. The molecule has 0 aliphatic rings. The van der Waals surface area contributed by atoms with E-state index in [1.165, 1.54) is 27.3 Å². The highest BCUT2D eigenvalue weighted by Crippen LogP contribution is 2.37. The van der Waals surface area contributed by atoms with E-state index in [2.05, 4.69) is 41.0 Å². The summed E-state index contributed by atoms with van der Waals surface area (Å²) in [6.45, 7) is 0. The predicted molar refractivity (Wildman–Crippen MR) is 108 cm³/mol. The Kier molecular flexibility index (Phi) is 6.05. The molecular weight excluding hydrogens is 392 g/mol. The summed E-state index contributed by atoms with van der Waals surface area (Å²) in [7, 11) is 5.98. The zero-order valence-corrected chi connectivity index (χ0v) is 16.8. The first-order valence-electron chi connectivity index (χ1n) is 8.71. The van der Waals surface area contributed by atoms with E-state index < -0.39 is 12.0 Å². The number of nitrogens with one attached hydrogen (secondary N) is 3. The van der Waals surface area contributed by atoms with Crippen LogP contribution in [0, 0.1) is 0 Å². The number of carbonyl (C=O) groups excluding carboxylic acids is 2. The lowest BCUT2D eigenvalue weighted by atomic mass is 10.1. The second kappa shape index (κ2) is 8.86. The van der Waals surface area contributed by atoms with Crippen LogP contribution in [0.1, 0.15) is 10.5 Å². The Labute approximate surface area is 171 Å². The van der Waals surface area contributed by atoms with Gasteiger partial charge in [0, 0.05) is 20.2 Å². The number of ether oxygens (including phenoxy) is 2. The van der Waals surface area contributed by atoms with Gasteiger partial charge in [-0.2, -0.15) is 5.10 Å². The maximum atomic E-state index is 12.2. The van der Waals surface area contributed by atoms with Crippen molar-refractivity contribution < 1.29 is 19.1 Å². The van der Waals surface area contributed by atoms with Crippen LogP contribution in [-0.4, -0.2) is 58.2 Å². The number of para-hydroxylation sites is 1. The minimum atomic E-state index is -0.719. The summed E-state index contributed by atoms with van der Waals surface area (Å²) in [4.78, 5) is 28.0. The van der Waals surface area contributed by atoms with Crippen LogP contribution in [0.3, 0.4) is 0 Å². The molecule has 0 aliphatic carbocycles. The van der Waals surface area contributed by atoms with Crippen molar-refractivity contribution in [3.05, 3.63) is 36.3 Å². The van der Waals surface area contributed by atoms with E-state index in [0.717, 1.165) is 0 Å².